The Kier molecular flexibility index (Phi) is 6.33. The second-order valence-electron chi connectivity index (χ2n) is 4.33. The smallest absolute Gasteiger partial charge is 0.0691 e. The highest BCUT2D eigenvalue weighted by molar-refractivity contribution is 4.82. The van der Waals surface area contributed by atoms with Crippen molar-refractivity contribution in [2.45, 2.75) is 52.2 Å². The van der Waals surface area contributed by atoms with Gasteiger partial charge in [-0.15, -0.1) is 0 Å². The third-order valence-corrected chi connectivity index (χ3v) is 2.95. The van der Waals surface area contributed by atoms with E-state index < -0.39 is 11.7 Å². The molecule has 0 saturated carbocycles. The Morgan fingerprint density at radius 2 is 1.93 bits per heavy atom. The normalized spacial score (nSPS) is 20.1. The topological polar surface area (TPSA) is 52.5 Å². The van der Waals surface area contributed by atoms with Crippen molar-refractivity contribution in [2.24, 2.45) is 5.92 Å². The molecule has 0 heterocycles. The van der Waals surface area contributed by atoms with E-state index in [1.54, 1.807) is 6.92 Å². The lowest BCUT2D eigenvalue weighted by Gasteiger charge is -2.31. The zero-order valence-corrected chi connectivity index (χ0v) is 9.88. The molecule has 14 heavy (non-hydrogen) atoms. The second-order valence-corrected chi connectivity index (χ2v) is 4.33. The van der Waals surface area contributed by atoms with E-state index in [1.807, 2.05) is 13.8 Å². The molecule has 0 saturated heterocycles. The van der Waals surface area contributed by atoms with Crippen LogP contribution >= 0.6 is 0 Å². The number of aliphatic hydroxyl groups is 2. The van der Waals surface area contributed by atoms with Crippen LogP contribution in [0.5, 0.6) is 0 Å². The van der Waals surface area contributed by atoms with Crippen molar-refractivity contribution in [2.75, 3.05) is 13.1 Å². The van der Waals surface area contributed by atoms with Crippen LogP contribution in [0.25, 0.3) is 0 Å². The highest BCUT2D eigenvalue weighted by atomic mass is 16.3. The summed E-state index contributed by atoms with van der Waals surface area (Å²) < 4.78 is 0. The van der Waals surface area contributed by atoms with E-state index in [0.717, 1.165) is 13.0 Å². The molecular formula is C11H25NO2. The maximum absolute atomic E-state index is 10.1. The minimum absolute atomic E-state index is 0.221. The largest absolute Gasteiger partial charge is 0.392 e. The van der Waals surface area contributed by atoms with Crippen molar-refractivity contribution in [1.82, 2.24) is 5.32 Å². The van der Waals surface area contributed by atoms with Crippen LogP contribution in [-0.2, 0) is 0 Å². The molecule has 0 aromatic heterocycles. The molecule has 3 atom stereocenters. The molecule has 0 aromatic carbocycles. The van der Waals surface area contributed by atoms with Crippen LogP contribution in [0.4, 0.5) is 0 Å². The van der Waals surface area contributed by atoms with Gasteiger partial charge in [0.15, 0.2) is 0 Å². The molecule has 3 heteroatoms. The van der Waals surface area contributed by atoms with E-state index in [0.29, 0.717) is 13.0 Å². The third-order valence-electron chi connectivity index (χ3n) is 2.95. The summed E-state index contributed by atoms with van der Waals surface area (Å²) in [6.07, 6.45) is 0.912. The summed E-state index contributed by atoms with van der Waals surface area (Å²) in [7, 11) is 0. The summed E-state index contributed by atoms with van der Waals surface area (Å²) in [5.74, 6) is 0.221. The van der Waals surface area contributed by atoms with Gasteiger partial charge in [0, 0.05) is 13.0 Å². The maximum Gasteiger partial charge on any atom is 0.0691 e. The molecule has 0 bridgehead atoms. The second kappa shape index (κ2) is 6.38. The van der Waals surface area contributed by atoms with Gasteiger partial charge in [0.05, 0.1) is 11.7 Å². The minimum Gasteiger partial charge on any atom is -0.392 e. The van der Waals surface area contributed by atoms with Crippen molar-refractivity contribution in [3.8, 4) is 0 Å². The first-order valence-electron chi connectivity index (χ1n) is 5.55. The van der Waals surface area contributed by atoms with E-state index in [9.17, 15) is 10.2 Å². The van der Waals surface area contributed by atoms with Gasteiger partial charge in [0.2, 0.25) is 0 Å². The van der Waals surface area contributed by atoms with Gasteiger partial charge in [-0.1, -0.05) is 27.2 Å². The maximum atomic E-state index is 10.1. The summed E-state index contributed by atoms with van der Waals surface area (Å²) in [6.45, 7) is 9.28. The van der Waals surface area contributed by atoms with Gasteiger partial charge in [-0.05, 0) is 19.4 Å². The first-order valence-corrected chi connectivity index (χ1v) is 5.55. The van der Waals surface area contributed by atoms with E-state index >= 15 is 0 Å². The summed E-state index contributed by atoms with van der Waals surface area (Å²) in [6, 6.07) is 0. The molecule has 86 valence electrons. The number of hydrogen-bond donors (Lipinski definition) is 3. The lowest BCUT2D eigenvalue weighted by atomic mass is 9.84. The fourth-order valence-electron chi connectivity index (χ4n) is 1.50. The molecule has 0 unspecified atom stereocenters. The summed E-state index contributed by atoms with van der Waals surface area (Å²) in [5, 5.41) is 22.8. The quantitative estimate of drug-likeness (QED) is 0.581. The van der Waals surface area contributed by atoms with Crippen LogP contribution in [-0.4, -0.2) is 35.0 Å². The molecular weight excluding hydrogens is 178 g/mol. The van der Waals surface area contributed by atoms with Crippen LogP contribution in [0, 0.1) is 5.92 Å². The zero-order valence-electron chi connectivity index (χ0n) is 9.88. The van der Waals surface area contributed by atoms with Crippen molar-refractivity contribution in [1.29, 1.82) is 0 Å². The molecule has 0 spiro atoms. The predicted octanol–water partition coefficient (Wildman–Crippen LogP) is 1.14. The molecule has 0 aliphatic carbocycles. The predicted molar refractivity (Wildman–Crippen MR) is 59.2 cm³/mol. The van der Waals surface area contributed by atoms with Gasteiger partial charge in [0.25, 0.3) is 0 Å². The Labute approximate surface area is 87.5 Å². The van der Waals surface area contributed by atoms with E-state index in [4.69, 9.17) is 0 Å². The highest BCUT2D eigenvalue weighted by Crippen LogP contribution is 2.24. The van der Waals surface area contributed by atoms with Gasteiger partial charge < -0.3 is 15.5 Å². The van der Waals surface area contributed by atoms with Crippen LogP contribution in [0.2, 0.25) is 0 Å². The molecule has 3 N–H and O–H groups in total. The highest BCUT2D eigenvalue weighted by Gasteiger charge is 2.29. The van der Waals surface area contributed by atoms with Crippen LogP contribution in [0.15, 0.2) is 0 Å². The Hall–Kier alpha value is -0.120. The Morgan fingerprint density at radius 1 is 1.36 bits per heavy atom. The number of hydrogen-bond acceptors (Lipinski definition) is 3. The number of likely N-dealkylation sites (N-methyl/N-ethyl adjacent to an activating group) is 1. The van der Waals surface area contributed by atoms with Crippen LogP contribution in [0.3, 0.4) is 0 Å². The summed E-state index contributed by atoms with van der Waals surface area (Å²) >= 11 is 0. The monoisotopic (exact) mass is 203 g/mol. The molecule has 0 aliphatic heterocycles. The van der Waals surface area contributed by atoms with Gasteiger partial charge in [-0.2, -0.15) is 0 Å². The van der Waals surface area contributed by atoms with Gasteiger partial charge in [0.1, 0.15) is 0 Å². The van der Waals surface area contributed by atoms with E-state index in [1.165, 1.54) is 0 Å². The molecule has 0 aliphatic rings. The molecule has 0 radical (unpaired) electrons. The Bertz CT molecular complexity index is 148. The van der Waals surface area contributed by atoms with Crippen LogP contribution < -0.4 is 5.32 Å². The molecule has 3 nitrogen and oxygen atoms in total. The first kappa shape index (κ1) is 13.9. The molecule has 0 fully saturated rings. The van der Waals surface area contributed by atoms with Crippen molar-refractivity contribution >= 4 is 0 Å². The van der Waals surface area contributed by atoms with Crippen molar-refractivity contribution in [3.05, 3.63) is 0 Å². The fourth-order valence-corrected chi connectivity index (χ4v) is 1.50. The van der Waals surface area contributed by atoms with Crippen molar-refractivity contribution in [3.63, 3.8) is 0 Å². The number of nitrogens with one attached hydrogen (secondary N) is 1. The lowest BCUT2D eigenvalue weighted by molar-refractivity contribution is -0.0367. The Balaban J connectivity index is 3.94. The Morgan fingerprint density at radius 3 is 2.36 bits per heavy atom. The summed E-state index contributed by atoms with van der Waals surface area (Å²) in [4.78, 5) is 0. The van der Waals surface area contributed by atoms with E-state index in [2.05, 4.69) is 12.2 Å². The standard InChI is InChI=1S/C11H25NO2/c1-5-9(3)11(4,14)7-10(13)8-12-6-2/h9-10,12-14H,5-8H2,1-4H3/t9-,10+,11-/m0/s1. The first-order chi connectivity index (χ1) is 6.44. The number of rotatable bonds is 7. The molecule has 0 rings (SSSR count). The van der Waals surface area contributed by atoms with Crippen LogP contribution in [0.1, 0.15) is 40.5 Å². The van der Waals surface area contributed by atoms with Gasteiger partial charge in [-0.25, -0.2) is 0 Å². The molecule has 0 amide bonds. The summed E-state index contributed by atoms with van der Waals surface area (Å²) in [5.41, 5.74) is -0.760. The average molecular weight is 203 g/mol. The fraction of sp³-hybridized carbons (Fsp3) is 1.00. The zero-order chi connectivity index (χ0) is 11.2. The SMILES string of the molecule is CCNC[C@H](O)C[C@](C)(O)[C@@H](C)CC. The van der Waals surface area contributed by atoms with Gasteiger partial charge in [-0.3, -0.25) is 0 Å². The minimum atomic E-state index is -0.760. The number of aliphatic hydroxyl groups excluding tert-OH is 1. The van der Waals surface area contributed by atoms with E-state index in [-0.39, 0.29) is 5.92 Å². The third kappa shape index (κ3) is 4.94. The van der Waals surface area contributed by atoms with Gasteiger partial charge >= 0.3 is 0 Å². The van der Waals surface area contributed by atoms with Crippen molar-refractivity contribution < 1.29 is 10.2 Å². The molecule has 0 aromatic rings. The average Bonchev–Trinajstić information content (AvgIpc) is 2.12. The lowest BCUT2D eigenvalue weighted by Crippen LogP contribution is -2.39.